The lowest BCUT2D eigenvalue weighted by atomic mass is 10.0. The summed E-state index contributed by atoms with van der Waals surface area (Å²) in [6.45, 7) is 7.90. The molecule has 3 nitrogen and oxygen atoms in total. The first-order valence-electron chi connectivity index (χ1n) is 8.98. The molecular formula is C22H23IN2O. The number of aryl methyl sites for hydroxylation is 3. The Hall–Kier alpha value is -1.87. The minimum Gasteiger partial charge on any atom is -0.258 e. The molecule has 2 aromatic rings. The Bertz CT molecular complexity index is 920. The average Bonchev–Trinajstić information content (AvgIpc) is 3.44. The fraction of sp³-hybridized carbons (Fsp3) is 0.364. The Morgan fingerprint density at radius 1 is 1.31 bits per heavy atom. The number of carbonyl (C=O) groups excluding carboxylic acids is 1. The Balaban J connectivity index is 2.25. The minimum atomic E-state index is -0.221. The van der Waals surface area contributed by atoms with Crippen molar-refractivity contribution in [1.82, 2.24) is 4.98 Å². The van der Waals surface area contributed by atoms with Gasteiger partial charge in [-0.2, -0.15) is 0 Å². The molecule has 1 heterocycles. The third kappa shape index (κ3) is 3.78. The molecule has 0 radical (unpaired) electrons. The van der Waals surface area contributed by atoms with Gasteiger partial charge in [0, 0.05) is 9.77 Å². The normalized spacial score (nSPS) is 13.1. The van der Waals surface area contributed by atoms with E-state index in [-0.39, 0.29) is 5.91 Å². The molecule has 1 amide bonds. The van der Waals surface area contributed by atoms with Crippen molar-refractivity contribution >= 4 is 40.0 Å². The van der Waals surface area contributed by atoms with Crippen LogP contribution in [0.25, 0.3) is 0 Å². The summed E-state index contributed by atoms with van der Waals surface area (Å²) in [5.41, 5.74) is 5.49. The van der Waals surface area contributed by atoms with Gasteiger partial charge < -0.3 is 0 Å². The molecule has 4 heteroatoms. The molecule has 134 valence electrons. The Morgan fingerprint density at radius 2 is 2.04 bits per heavy atom. The lowest BCUT2D eigenvalue weighted by Crippen LogP contribution is -2.27. The number of halogens is 1. The van der Waals surface area contributed by atoms with Gasteiger partial charge in [0.2, 0.25) is 0 Å². The number of rotatable bonds is 4. The number of anilines is 2. The molecule has 0 saturated heterocycles. The predicted octanol–water partition coefficient (Wildman–Crippen LogP) is 5.43. The van der Waals surface area contributed by atoms with Gasteiger partial charge in [-0.3, -0.25) is 9.69 Å². The van der Waals surface area contributed by atoms with E-state index in [0.717, 1.165) is 28.8 Å². The zero-order valence-corrected chi connectivity index (χ0v) is 17.8. The van der Waals surface area contributed by atoms with E-state index < -0.39 is 0 Å². The maximum atomic E-state index is 13.0. The summed E-state index contributed by atoms with van der Waals surface area (Å²) in [6, 6.07) is 6.45. The van der Waals surface area contributed by atoms with Crippen LogP contribution in [0.15, 0.2) is 24.4 Å². The monoisotopic (exact) mass is 458 g/mol. The van der Waals surface area contributed by atoms with Crippen molar-refractivity contribution in [2.45, 2.75) is 52.9 Å². The highest BCUT2D eigenvalue weighted by Gasteiger charge is 2.31. The first-order chi connectivity index (χ1) is 12.5. The van der Waals surface area contributed by atoms with Gasteiger partial charge in [-0.1, -0.05) is 18.9 Å². The third-order valence-corrected chi connectivity index (χ3v) is 5.84. The van der Waals surface area contributed by atoms with E-state index in [0.29, 0.717) is 11.7 Å². The zero-order valence-electron chi connectivity index (χ0n) is 15.7. The van der Waals surface area contributed by atoms with E-state index in [2.05, 4.69) is 71.5 Å². The van der Waals surface area contributed by atoms with Crippen LogP contribution in [0.3, 0.4) is 0 Å². The van der Waals surface area contributed by atoms with E-state index in [4.69, 9.17) is 0 Å². The first kappa shape index (κ1) is 18.9. The second kappa shape index (κ2) is 7.79. The second-order valence-corrected chi connectivity index (χ2v) is 7.96. The van der Waals surface area contributed by atoms with Crippen LogP contribution in [0.5, 0.6) is 0 Å². The van der Waals surface area contributed by atoms with Crippen molar-refractivity contribution < 1.29 is 4.79 Å². The highest BCUT2D eigenvalue weighted by Crippen LogP contribution is 2.47. The van der Waals surface area contributed by atoms with E-state index in [1.54, 1.807) is 11.8 Å². The minimum absolute atomic E-state index is 0.221. The van der Waals surface area contributed by atoms with Gasteiger partial charge in [-0.15, -0.1) is 0 Å². The molecule has 0 aliphatic heterocycles. The number of hydrogen-bond acceptors (Lipinski definition) is 2. The van der Waals surface area contributed by atoms with Crippen LogP contribution in [0.2, 0.25) is 0 Å². The summed E-state index contributed by atoms with van der Waals surface area (Å²) < 4.78 is 1.23. The molecule has 0 unspecified atom stereocenters. The average molecular weight is 458 g/mol. The molecule has 0 spiro atoms. The molecule has 3 rings (SSSR count). The van der Waals surface area contributed by atoms with Gasteiger partial charge in [0.25, 0.3) is 0 Å². The van der Waals surface area contributed by atoms with E-state index in [1.165, 1.54) is 22.0 Å². The number of nitrogens with zero attached hydrogens (tertiary/aromatic N) is 2. The standard InChI is InChI=1S/C22H23IN2O/c1-5-7-21(26)25(22-16(6-2)10-14(3)13-24-22)20-11-15(4)19(23)12-18(20)17-8-9-17/h10-13,17H,6,8-9H2,1-4H3. The summed E-state index contributed by atoms with van der Waals surface area (Å²) >= 11 is 2.37. The van der Waals surface area contributed by atoms with E-state index in [9.17, 15) is 4.79 Å². The second-order valence-electron chi connectivity index (χ2n) is 6.80. The number of carbonyl (C=O) groups is 1. The lowest BCUT2D eigenvalue weighted by molar-refractivity contribution is -0.112. The molecule has 1 aromatic carbocycles. The van der Waals surface area contributed by atoms with Crippen LogP contribution >= 0.6 is 22.6 Å². The van der Waals surface area contributed by atoms with Crippen LogP contribution in [0.1, 0.15) is 54.9 Å². The zero-order chi connectivity index (χ0) is 18.8. The predicted molar refractivity (Wildman–Crippen MR) is 115 cm³/mol. The van der Waals surface area contributed by atoms with Crippen LogP contribution < -0.4 is 4.90 Å². The highest BCUT2D eigenvalue weighted by molar-refractivity contribution is 14.1. The molecule has 0 atom stereocenters. The maximum absolute atomic E-state index is 13.0. The van der Waals surface area contributed by atoms with Crippen molar-refractivity contribution in [1.29, 1.82) is 0 Å². The Labute approximate surface area is 169 Å². The highest BCUT2D eigenvalue weighted by atomic mass is 127. The fourth-order valence-electron chi connectivity index (χ4n) is 3.16. The Morgan fingerprint density at radius 3 is 2.65 bits per heavy atom. The van der Waals surface area contributed by atoms with Crippen molar-refractivity contribution in [3.8, 4) is 11.8 Å². The number of amides is 1. The summed E-state index contributed by atoms with van der Waals surface area (Å²) in [7, 11) is 0. The van der Waals surface area contributed by atoms with Gasteiger partial charge in [0.1, 0.15) is 5.82 Å². The lowest BCUT2D eigenvalue weighted by Gasteiger charge is -2.25. The molecular weight excluding hydrogens is 435 g/mol. The van der Waals surface area contributed by atoms with Crippen molar-refractivity contribution in [3.63, 3.8) is 0 Å². The SMILES string of the molecule is CC#CC(=O)N(c1cc(C)c(I)cc1C1CC1)c1ncc(C)cc1CC. The number of benzene rings is 1. The molecule has 1 aromatic heterocycles. The van der Waals surface area contributed by atoms with Gasteiger partial charge in [0.05, 0.1) is 5.69 Å². The number of pyridine rings is 1. The topological polar surface area (TPSA) is 33.2 Å². The smallest absolute Gasteiger partial charge is 0.258 e. The fourth-order valence-corrected chi connectivity index (χ4v) is 3.65. The summed E-state index contributed by atoms with van der Waals surface area (Å²) in [5.74, 6) is 6.49. The van der Waals surface area contributed by atoms with E-state index >= 15 is 0 Å². The molecule has 1 fully saturated rings. The van der Waals surface area contributed by atoms with Crippen LogP contribution in [0, 0.1) is 29.3 Å². The molecule has 1 saturated carbocycles. The van der Waals surface area contributed by atoms with Crippen LogP contribution in [-0.2, 0) is 11.2 Å². The molecule has 1 aliphatic carbocycles. The largest absolute Gasteiger partial charge is 0.308 e. The maximum Gasteiger partial charge on any atom is 0.308 e. The molecule has 0 bridgehead atoms. The molecule has 1 aliphatic rings. The number of hydrogen-bond donors (Lipinski definition) is 0. The van der Waals surface area contributed by atoms with Gasteiger partial charge >= 0.3 is 5.91 Å². The van der Waals surface area contributed by atoms with Crippen molar-refractivity contribution in [3.05, 3.63) is 50.2 Å². The van der Waals surface area contributed by atoms with E-state index in [1.807, 2.05) is 13.1 Å². The van der Waals surface area contributed by atoms with Gasteiger partial charge in [-0.25, -0.2) is 4.98 Å². The molecule has 0 N–H and O–H groups in total. The summed E-state index contributed by atoms with van der Waals surface area (Å²) in [5, 5.41) is 0. The quantitative estimate of drug-likeness (QED) is 0.452. The third-order valence-electron chi connectivity index (χ3n) is 4.67. The number of aromatic nitrogens is 1. The molecule has 26 heavy (non-hydrogen) atoms. The van der Waals surface area contributed by atoms with Gasteiger partial charge in [-0.05, 0) is 109 Å². The van der Waals surface area contributed by atoms with Gasteiger partial charge in [0.15, 0.2) is 0 Å². The summed E-state index contributed by atoms with van der Waals surface area (Å²) in [6.07, 6.45) is 4.99. The first-order valence-corrected chi connectivity index (χ1v) is 10.1. The van der Waals surface area contributed by atoms with Crippen molar-refractivity contribution in [2.75, 3.05) is 4.90 Å². The summed E-state index contributed by atoms with van der Waals surface area (Å²) in [4.78, 5) is 19.4. The Kier molecular flexibility index (Phi) is 5.67. The van der Waals surface area contributed by atoms with Crippen molar-refractivity contribution in [2.24, 2.45) is 0 Å². The van der Waals surface area contributed by atoms with Crippen LogP contribution in [0.4, 0.5) is 11.5 Å². The van der Waals surface area contributed by atoms with Crippen LogP contribution in [-0.4, -0.2) is 10.9 Å².